The predicted molar refractivity (Wildman–Crippen MR) is 100 cm³/mol. The first-order valence-corrected chi connectivity index (χ1v) is 9.09. The molecule has 0 aliphatic carbocycles. The van der Waals surface area contributed by atoms with Crippen LogP contribution < -0.4 is 0 Å². The number of ether oxygens (including phenoxy) is 2. The number of hydrogen-bond donors (Lipinski definition) is 0. The lowest BCUT2D eigenvalue weighted by Crippen LogP contribution is -2.02. The second-order valence-electron chi connectivity index (χ2n) is 5.36. The molecule has 2 aromatic rings. The van der Waals surface area contributed by atoms with Crippen molar-refractivity contribution < 1.29 is 13.9 Å². The van der Waals surface area contributed by atoms with Crippen LogP contribution in [0.4, 0.5) is 4.39 Å². The van der Waals surface area contributed by atoms with E-state index in [9.17, 15) is 4.39 Å². The summed E-state index contributed by atoms with van der Waals surface area (Å²) < 4.78 is 25.1. The van der Waals surface area contributed by atoms with Crippen LogP contribution in [-0.4, -0.2) is 14.2 Å². The van der Waals surface area contributed by atoms with Gasteiger partial charge in [0.1, 0.15) is 5.82 Å². The van der Waals surface area contributed by atoms with Crippen molar-refractivity contribution in [1.29, 1.82) is 0 Å². The summed E-state index contributed by atoms with van der Waals surface area (Å²) in [4.78, 5) is 0. The summed E-state index contributed by atoms with van der Waals surface area (Å²) in [6.45, 7) is 0.999. The Morgan fingerprint density at radius 1 is 0.913 bits per heavy atom. The maximum Gasteiger partial charge on any atom is 0.131 e. The van der Waals surface area contributed by atoms with E-state index < -0.39 is 0 Å². The summed E-state index contributed by atoms with van der Waals surface area (Å²) in [5.41, 5.74) is 5.76. The van der Waals surface area contributed by atoms with Crippen LogP contribution in [-0.2, 0) is 35.0 Å². The second kappa shape index (κ2) is 8.85. The molecule has 2 unspecified atom stereocenters. The standard InChI is InChI=1S/C18H23FO2P2/c1-20-8-14-6-13(7-15(9-21-2)17(14)11-23)16-4-3-12(10-22)5-18(16)19/h3-7H,8-11,22-23H2,1-2H3. The van der Waals surface area contributed by atoms with Gasteiger partial charge in [0.05, 0.1) is 13.2 Å². The molecule has 0 aliphatic rings. The molecule has 2 rings (SSSR count). The molecule has 2 atom stereocenters. The fraction of sp³-hybridized carbons (Fsp3) is 0.333. The van der Waals surface area contributed by atoms with Gasteiger partial charge in [-0.15, -0.1) is 18.5 Å². The average molecular weight is 352 g/mol. The van der Waals surface area contributed by atoms with Gasteiger partial charge in [-0.05, 0) is 58.3 Å². The molecule has 0 aliphatic heterocycles. The van der Waals surface area contributed by atoms with E-state index in [0.717, 1.165) is 34.6 Å². The summed E-state index contributed by atoms with van der Waals surface area (Å²) in [6.07, 6.45) is 1.55. The molecule has 0 saturated heterocycles. The van der Waals surface area contributed by atoms with Crippen LogP contribution in [0.3, 0.4) is 0 Å². The Kier molecular flexibility index (Phi) is 7.11. The average Bonchev–Trinajstić information content (AvgIpc) is 2.55. The summed E-state index contributed by atoms with van der Waals surface area (Å²) >= 11 is 0. The van der Waals surface area contributed by atoms with Gasteiger partial charge in [0, 0.05) is 19.8 Å². The fourth-order valence-electron chi connectivity index (χ4n) is 2.70. The predicted octanol–water partition coefficient (Wildman–Crippen LogP) is 4.54. The monoisotopic (exact) mass is 352 g/mol. The summed E-state index contributed by atoms with van der Waals surface area (Å²) in [7, 11) is 8.70. The molecule has 124 valence electrons. The maximum atomic E-state index is 14.5. The van der Waals surface area contributed by atoms with Crippen LogP contribution in [0, 0.1) is 5.82 Å². The number of hydrogen-bond acceptors (Lipinski definition) is 2. The topological polar surface area (TPSA) is 18.5 Å². The van der Waals surface area contributed by atoms with Gasteiger partial charge >= 0.3 is 0 Å². The lowest BCUT2D eigenvalue weighted by atomic mass is 9.94. The van der Waals surface area contributed by atoms with Crippen LogP contribution in [0.25, 0.3) is 11.1 Å². The molecule has 0 amide bonds. The normalized spacial score (nSPS) is 11.0. The van der Waals surface area contributed by atoms with Gasteiger partial charge in [0.25, 0.3) is 0 Å². The molecule has 0 bridgehead atoms. The van der Waals surface area contributed by atoms with Gasteiger partial charge in [-0.1, -0.05) is 12.1 Å². The Morgan fingerprint density at radius 3 is 1.96 bits per heavy atom. The van der Waals surface area contributed by atoms with Gasteiger partial charge in [-0.2, -0.15) is 0 Å². The Labute approximate surface area is 142 Å². The third-order valence-corrected chi connectivity index (χ3v) is 4.70. The minimum atomic E-state index is -0.199. The molecule has 5 heteroatoms. The van der Waals surface area contributed by atoms with Crippen LogP contribution in [0.5, 0.6) is 0 Å². The molecule has 0 radical (unpaired) electrons. The summed E-state index contributed by atoms with van der Waals surface area (Å²) in [5, 5.41) is 0. The largest absolute Gasteiger partial charge is 0.380 e. The van der Waals surface area contributed by atoms with E-state index in [1.165, 1.54) is 5.56 Å². The summed E-state index contributed by atoms with van der Waals surface area (Å²) in [5.74, 6) is -0.199. The van der Waals surface area contributed by atoms with Crippen molar-refractivity contribution in [3.05, 3.63) is 58.4 Å². The molecule has 2 nitrogen and oxygen atoms in total. The zero-order valence-electron chi connectivity index (χ0n) is 13.6. The SMILES string of the molecule is COCc1cc(-c2ccc(CP)cc2F)cc(COC)c1CP. The van der Waals surface area contributed by atoms with Crippen LogP contribution in [0.15, 0.2) is 30.3 Å². The molecule has 0 fully saturated rings. The molecule has 0 N–H and O–H groups in total. The molecule has 0 aromatic heterocycles. The third-order valence-electron chi connectivity index (χ3n) is 3.82. The smallest absolute Gasteiger partial charge is 0.131 e. The number of methoxy groups -OCH3 is 2. The Hall–Kier alpha value is -0.850. The van der Waals surface area contributed by atoms with E-state index in [1.54, 1.807) is 20.3 Å². The number of halogens is 1. The fourth-order valence-corrected chi connectivity index (χ4v) is 3.48. The van der Waals surface area contributed by atoms with Crippen molar-refractivity contribution in [2.75, 3.05) is 14.2 Å². The van der Waals surface area contributed by atoms with Crippen LogP contribution in [0.1, 0.15) is 22.3 Å². The minimum Gasteiger partial charge on any atom is -0.380 e. The highest BCUT2D eigenvalue weighted by molar-refractivity contribution is 7.15. The van der Waals surface area contributed by atoms with E-state index in [4.69, 9.17) is 9.47 Å². The second-order valence-corrected chi connectivity index (χ2v) is 6.18. The van der Waals surface area contributed by atoms with E-state index in [0.29, 0.717) is 18.8 Å². The maximum absolute atomic E-state index is 14.5. The zero-order valence-corrected chi connectivity index (χ0v) is 15.9. The Balaban J connectivity index is 2.57. The van der Waals surface area contributed by atoms with Crippen molar-refractivity contribution in [1.82, 2.24) is 0 Å². The van der Waals surface area contributed by atoms with E-state index >= 15 is 0 Å². The van der Waals surface area contributed by atoms with Crippen molar-refractivity contribution in [2.45, 2.75) is 25.5 Å². The third kappa shape index (κ3) is 4.37. The zero-order chi connectivity index (χ0) is 16.8. The van der Waals surface area contributed by atoms with Crippen LogP contribution in [0.2, 0.25) is 0 Å². The van der Waals surface area contributed by atoms with Gasteiger partial charge in [0.15, 0.2) is 0 Å². The first-order valence-electron chi connectivity index (χ1n) is 7.46. The van der Waals surface area contributed by atoms with Crippen molar-refractivity contribution in [3.63, 3.8) is 0 Å². The van der Waals surface area contributed by atoms with Gasteiger partial charge in [0.2, 0.25) is 0 Å². The number of rotatable bonds is 7. The number of benzene rings is 2. The Bertz CT molecular complexity index is 647. The van der Waals surface area contributed by atoms with E-state index in [1.807, 2.05) is 24.3 Å². The van der Waals surface area contributed by atoms with Gasteiger partial charge in [-0.25, -0.2) is 4.39 Å². The lowest BCUT2D eigenvalue weighted by Gasteiger charge is -2.16. The van der Waals surface area contributed by atoms with Crippen LogP contribution >= 0.6 is 18.5 Å². The molecule has 0 spiro atoms. The minimum absolute atomic E-state index is 0.199. The van der Waals surface area contributed by atoms with Crippen molar-refractivity contribution >= 4 is 18.5 Å². The molecule has 23 heavy (non-hydrogen) atoms. The Morgan fingerprint density at radius 2 is 1.52 bits per heavy atom. The van der Waals surface area contributed by atoms with E-state index in [-0.39, 0.29) is 5.82 Å². The molecular weight excluding hydrogens is 329 g/mol. The first kappa shape index (κ1) is 18.5. The van der Waals surface area contributed by atoms with Gasteiger partial charge < -0.3 is 9.47 Å². The van der Waals surface area contributed by atoms with Gasteiger partial charge in [-0.3, -0.25) is 0 Å². The highest BCUT2D eigenvalue weighted by atomic mass is 31.0. The molecule has 0 saturated carbocycles. The molecular formula is C18H23FO2P2. The highest BCUT2D eigenvalue weighted by Gasteiger charge is 2.13. The summed E-state index contributed by atoms with van der Waals surface area (Å²) in [6, 6.07) is 9.43. The highest BCUT2D eigenvalue weighted by Crippen LogP contribution is 2.30. The molecule has 2 aromatic carbocycles. The first-order chi connectivity index (χ1) is 11.1. The lowest BCUT2D eigenvalue weighted by molar-refractivity contribution is 0.179. The molecule has 0 heterocycles. The quantitative estimate of drug-likeness (QED) is 0.682. The van der Waals surface area contributed by atoms with Crippen molar-refractivity contribution in [2.24, 2.45) is 0 Å². The van der Waals surface area contributed by atoms with E-state index in [2.05, 4.69) is 18.5 Å². The van der Waals surface area contributed by atoms with Crippen molar-refractivity contribution in [3.8, 4) is 11.1 Å².